The molecule has 6 aliphatic heterocycles. The second kappa shape index (κ2) is 23.7. The number of fused-ring (bicyclic) bond motifs is 16. The molecular formula is C74H64N12O2. The third-order valence-electron chi connectivity index (χ3n) is 17.0. The van der Waals surface area contributed by atoms with E-state index < -0.39 is 0 Å². The number of aryl methyl sites for hydroxylation is 4. The third-order valence-corrected chi connectivity index (χ3v) is 17.0. The van der Waals surface area contributed by atoms with Gasteiger partial charge < -0.3 is 38.5 Å². The van der Waals surface area contributed by atoms with Crippen molar-refractivity contribution in [2.24, 2.45) is 14.1 Å². The van der Waals surface area contributed by atoms with Crippen LogP contribution in [0.4, 0.5) is 0 Å². The van der Waals surface area contributed by atoms with E-state index in [1.807, 2.05) is 43.4 Å². The predicted octanol–water partition coefficient (Wildman–Crippen LogP) is 15.6. The van der Waals surface area contributed by atoms with E-state index in [1.54, 1.807) is 0 Å². The molecule has 20 bridgehead atoms. The summed E-state index contributed by atoms with van der Waals surface area (Å²) in [5.74, 6) is 1.62. The number of benzene rings is 2. The van der Waals surface area contributed by atoms with Gasteiger partial charge in [-0.05, 0) is 147 Å². The fraction of sp³-hybridized carbons (Fsp3) is 0.162. The summed E-state index contributed by atoms with van der Waals surface area (Å²) in [5, 5.41) is 0. The molecule has 0 fully saturated rings. The second-order valence-electron chi connectivity index (χ2n) is 22.6. The molecule has 0 spiro atoms. The average Bonchev–Trinajstić information content (AvgIpc) is 2.82. The number of hydrogen-bond acceptors (Lipinski definition) is 8. The van der Waals surface area contributed by atoms with Gasteiger partial charge in [0.2, 0.25) is 0 Å². The van der Waals surface area contributed by atoms with Crippen molar-refractivity contribution in [2.45, 2.75) is 38.5 Å². The summed E-state index contributed by atoms with van der Waals surface area (Å²) in [5.41, 5.74) is 24.9. The number of rotatable bonds is 4. The van der Waals surface area contributed by atoms with Crippen LogP contribution in [0, 0.1) is 0 Å². The molecule has 6 aliphatic rings. The van der Waals surface area contributed by atoms with Crippen LogP contribution < -0.4 is 0 Å². The molecular weight excluding hydrogens is 1090 g/mol. The smallest absolute Gasteiger partial charge is 0.143 e. The first-order valence-corrected chi connectivity index (χ1v) is 30.3. The number of allylic oxidation sites excluding steroid dienone is 2. The van der Waals surface area contributed by atoms with Crippen LogP contribution in [-0.4, -0.2) is 85.4 Å². The summed E-state index contributed by atoms with van der Waals surface area (Å²) in [6, 6.07) is 38.4. The second-order valence-corrected chi connectivity index (χ2v) is 22.6. The van der Waals surface area contributed by atoms with Crippen LogP contribution in [0.25, 0.3) is 138 Å². The molecule has 16 rings (SSSR count). The van der Waals surface area contributed by atoms with Crippen LogP contribution in [0.3, 0.4) is 0 Å². The molecule has 2 aromatic carbocycles. The van der Waals surface area contributed by atoms with Crippen molar-refractivity contribution in [3.63, 3.8) is 0 Å². The van der Waals surface area contributed by atoms with Gasteiger partial charge in [-0.15, -0.1) is 0 Å². The Kier molecular flexibility index (Phi) is 14.6. The maximum absolute atomic E-state index is 6.47. The SMILES string of the molecule is Cn1ccnc1-c1c2nc(c3c4ccc([nH]4)c(-c4ccccc4)c4nc(c(c5ccc1[nH]5)C/C=C\COCCCc1c5nc(c(-c6ccccc6)c6ccc([nH]6)c(c6nc(c(-c7nccn7C)c7ccc1[nH]7)C=C6)CCCOCC=CC3)C=C5)C=C4)C=C2. The van der Waals surface area contributed by atoms with Crippen molar-refractivity contribution in [3.05, 3.63) is 226 Å². The van der Waals surface area contributed by atoms with Gasteiger partial charge in [-0.25, -0.2) is 29.9 Å². The lowest BCUT2D eigenvalue weighted by atomic mass is 10.0. The zero-order valence-corrected chi connectivity index (χ0v) is 49.1. The minimum absolute atomic E-state index is 0.443. The zero-order chi connectivity index (χ0) is 58.9. The van der Waals surface area contributed by atoms with Crippen LogP contribution >= 0.6 is 0 Å². The summed E-state index contributed by atoms with van der Waals surface area (Å²) in [4.78, 5) is 47.1. The highest BCUT2D eigenvalue weighted by molar-refractivity contribution is 5.96. The zero-order valence-electron chi connectivity index (χ0n) is 49.1. The first-order chi connectivity index (χ1) is 43.5. The van der Waals surface area contributed by atoms with Crippen LogP contribution in [0.5, 0.6) is 0 Å². The lowest BCUT2D eigenvalue weighted by Crippen LogP contribution is -2.00. The number of aromatic nitrogens is 12. The maximum Gasteiger partial charge on any atom is 0.143 e. The number of nitrogens with zero attached hydrogens (tertiary/aromatic N) is 8. The van der Waals surface area contributed by atoms with Crippen LogP contribution in [0.1, 0.15) is 80.6 Å². The highest BCUT2D eigenvalue weighted by atomic mass is 16.5. The lowest BCUT2D eigenvalue weighted by Gasteiger charge is -2.07. The molecule has 0 radical (unpaired) electrons. The third kappa shape index (κ3) is 10.5. The van der Waals surface area contributed by atoms with Gasteiger partial charge in [-0.2, -0.15) is 0 Å². The van der Waals surface area contributed by atoms with E-state index >= 15 is 0 Å². The highest BCUT2D eigenvalue weighted by Gasteiger charge is 2.22. The Hall–Kier alpha value is -10.5. The monoisotopic (exact) mass is 1150 g/mol. The molecule has 10 aromatic rings. The molecule has 14 heteroatoms. The number of nitrogens with one attached hydrogen (secondary N) is 4. The number of hydrogen-bond donors (Lipinski definition) is 4. The molecule has 8 aromatic heterocycles. The van der Waals surface area contributed by atoms with Gasteiger partial charge in [0.15, 0.2) is 0 Å². The summed E-state index contributed by atoms with van der Waals surface area (Å²) < 4.78 is 17.0. The lowest BCUT2D eigenvalue weighted by molar-refractivity contribution is 0.159. The molecule has 0 atom stereocenters. The molecule has 432 valence electrons. The van der Waals surface area contributed by atoms with E-state index in [2.05, 4.69) is 207 Å². The van der Waals surface area contributed by atoms with E-state index in [9.17, 15) is 0 Å². The van der Waals surface area contributed by atoms with Crippen LogP contribution in [0.2, 0.25) is 0 Å². The topological polar surface area (TPSA) is 169 Å². The van der Waals surface area contributed by atoms with Gasteiger partial charge in [0.05, 0.1) is 80.9 Å². The minimum atomic E-state index is 0.443. The molecule has 0 saturated heterocycles. The van der Waals surface area contributed by atoms with Gasteiger partial charge in [0, 0.05) is 119 Å². The van der Waals surface area contributed by atoms with E-state index in [-0.39, 0.29) is 0 Å². The maximum atomic E-state index is 6.47. The van der Waals surface area contributed by atoms with Crippen molar-refractivity contribution in [1.29, 1.82) is 0 Å². The molecule has 0 unspecified atom stereocenters. The van der Waals surface area contributed by atoms with Gasteiger partial charge in [0.1, 0.15) is 11.6 Å². The molecule has 4 N–H and O–H groups in total. The Morgan fingerprint density at radius 3 is 1.06 bits per heavy atom. The normalized spacial score (nSPS) is 14.9. The fourth-order valence-electron chi connectivity index (χ4n) is 12.6. The summed E-state index contributed by atoms with van der Waals surface area (Å²) in [6.45, 7) is 1.97. The highest BCUT2D eigenvalue weighted by Crippen LogP contribution is 2.37. The Morgan fingerprint density at radius 2 is 0.682 bits per heavy atom. The number of ether oxygens (including phenoxy) is 2. The van der Waals surface area contributed by atoms with Gasteiger partial charge in [0.25, 0.3) is 0 Å². The molecule has 14 heterocycles. The molecule has 0 amide bonds. The van der Waals surface area contributed by atoms with E-state index in [4.69, 9.17) is 39.4 Å². The Bertz CT molecular complexity index is 4880. The predicted molar refractivity (Wildman–Crippen MR) is 357 cm³/mol. The average molecular weight is 1150 g/mol. The van der Waals surface area contributed by atoms with E-state index in [0.29, 0.717) is 52.1 Å². The quantitative estimate of drug-likeness (QED) is 0.126. The summed E-state index contributed by atoms with van der Waals surface area (Å²) in [6.07, 6.45) is 37.5. The van der Waals surface area contributed by atoms with E-state index in [0.717, 1.165) is 170 Å². The number of aromatic amines is 4. The van der Waals surface area contributed by atoms with Crippen molar-refractivity contribution >= 4 is 92.7 Å². The first kappa shape index (κ1) is 54.1. The number of H-pyrrole nitrogens is 4. The van der Waals surface area contributed by atoms with Crippen LogP contribution in [-0.2, 0) is 49.3 Å². The molecule has 0 aliphatic carbocycles. The fourth-order valence-corrected chi connectivity index (χ4v) is 12.6. The van der Waals surface area contributed by atoms with Gasteiger partial charge in [-0.1, -0.05) is 85.0 Å². The Morgan fingerprint density at radius 1 is 0.352 bits per heavy atom. The standard InChI is InChI=1S/C74H64N12O2/c1-85-41-39-75-73(85)71-65-35-27-55(81-65)49-19-9-11-43-87-45-13-21-51-57-25-33-63(79-57)70(48-17-7-4-8-18-48)64-34-26-58(80-64)52(60-30-38-68(84-60)72(67-37-29-59(51)83-67)74-76-40-42-86(74)2)22-14-46-88-44-12-10-20-50(56-28-36-66(71)82-56)54-24-32-62(78-54)69(47-15-5-3-6-16-47)61-31-23-53(49)77-61/h3-12,15-18,23-42,77,79,82,84H,13-14,19-22,43-46H2,1-2H3/b11-9?,12-10-,53-49?,54-50?,55-49?,56-50?,57-51?,58-52?,59-51?,60-52?,69-61?,69-62?,70-63?,70-64?,71-65?,71-66?,72-67?,72-68?. The molecule has 14 nitrogen and oxygen atoms in total. The summed E-state index contributed by atoms with van der Waals surface area (Å²) >= 11 is 0. The van der Waals surface area contributed by atoms with Gasteiger partial charge >= 0.3 is 0 Å². The molecule has 0 saturated carbocycles. The summed E-state index contributed by atoms with van der Waals surface area (Å²) in [7, 11) is 4.05. The van der Waals surface area contributed by atoms with Crippen molar-refractivity contribution < 1.29 is 9.47 Å². The van der Waals surface area contributed by atoms with Gasteiger partial charge in [-0.3, -0.25) is 0 Å². The van der Waals surface area contributed by atoms with Crippen molar-refractivity contribution in [1.82, 2.24) is 59.0 Å². The van der Waals surface area contributed by atoms with Crippen molar-refractivity contribution in [3.8, 4) is 45.0 Å². The van der Waals surface area contributed by atoms with Crippen molar-refractivity contribution in [2.75, 3.05) is 26.4 Å². The Balaban J connectivity index is 0.882. The van der Waals surface area contributed by atoms with Crippen LogP contribution in [0.15, 0.2) is 158 Å². The minimum Gasteiger partial charge on any atom is -0.377 e. The largest absolute Gasteiger partial charge is 0.377 e. The number of imidazole rings is 2. The Labute approximate surface area is 508 Å². The first-order valence-electron chi connectivity index (χ1n) is 30.3. The molecule has 88 heavy (non-hydrogen) atoms. The van der Waals surface area contributed by atoms with E-state index in [1.165, 1.54) is 0 Å².